The van der Waals surface area contributed by atoms with Crippen LogP contribution < -0.4 is 19.6 Å². The van der Waals surface area contributed by atoms with Gasteiger partial charge < -0.3 is 14.2 Å². The molecular formula is C19H20N2O4. The van der Waals surface area contributed by atoms with Gasteiger partial charge in [-0.1, -0.05) is 36.9 Å². The summed E-state index contributed by atoms with van der Waals surface area (Å²) in [5.74, 6) is 1.39. The lowest BCUT2D eigenvalue weighted by molar-refractivity contribution is -0.123. The van der Waals surface area contributed by atoms with Crippen LogP contribution in [0.3, 0.4) is 0 Å². The minimum atomic E-state index is -0.374. The molecule has 2 rings (SSSR count). The molecule has 0 heterocycles. The number of carbonyl (C=O) groups excluding carboxylic acids is 1. The molecule has 0 aliphatic rings. The molecule has 2 aromatic carbocycles. The molecule has 0 saturated carbocycles. The van der Waals surface area contributed by atoms with Crippen molar-refractivity contribution < 1.29 is 19.0 Å². The van der Waals surface area contributed by atoms with Gasteiger partial charge in [-0.15, -0.1) is 0 Å². The Balaban J connectivity index is 1.83. The Labute approximate surface area is 146 Å². The molecule has 0 aliphatic carbocycles. The molecule has 2 aromatic rings. The van der Waals surface area contributed by atoms with Crippen LogP contribution in [0.5, 0.6) is 17.2 Å². The van der Waals surface area contributed by atoms with Gasteiger partial charge in [-0.05, 0) is 29.8 Å². The molecule has 1 amide bonds. The Morgan fingerprint density at radius 3 is 2.72 bits per heavy atom. The Kier molecular flexibility index (Phi) is 7.06. The van der Waals surface area contributed by atoms with Crippen LogP contribution in [-0.2, 0) is 4.79 Å². The standard InChI is InChI=1S/C19H20N2O4/c1-3-11-24-16-8-6-7-15(12-16)13-20-21-19(22)14-25-18-10-5-4-9-17(18)23-2/h3-10,12-13H,1,11,14H2,2H3,(H,21,22)/b20-13+. The van der Waals surface area contributed by atoms with Crippen LogP contribution in [-0.4, -0.2) is 32.4 Å². The zero-order chi connectivity index (χ0) is 17.9. The molecule has 25 heavy (non-hydrogen) atoms. The number of rotatable bonds is 9. The molecule has 0 spiro atoms. The Bertz CT molecular complexity index is 744. The molecular weight excluding hydrogens is 320 g/mol. The molecule has 130 valence electrons. The van der Waals surface area contributed by atoms with Gasteiger partial charge in [0.2, 0.25) is 0 Å². The van der Waals surface area contributed by atoms with Crippen molar-refractivity contribution in [2.75, 3.05) is 20.3 Å². The normalized spacial score (nSPS) is 10.3. The predicted molar refractivity (Wildman–Crippen MR) is 96.4 cm³/mol. The number of ether oxygens (including phenoxy) is 3. The van der Waals surface area contributed by atoms with Gasteiger partial charge in [-0.25, -0.2) is 5.43 Å². The summed E-state index contributed by atoms with van der Waals surface area (Å²) in [6.07, 6.45) is 3.20. The zero-order valence-corrected chi connectivity index (χ0v) is 14.0. The second kappa shape index (κ2) is 9.77. The van der Waals surface area contributed by atoms with E-state index in [0.717, 1.165) is 5.56 Å². The topological polar surface area (TPSA) is 69.2 Å². The van der Waals surface area contributed by atoms with Crippen molar-refractivity contribution in [3.8, 4) is 17.2 Å². The van der Waals surface area contributed by atoms with Crippen molar-refractivity contribution in [1.29, 1.82) is 0 Å². The van der Waals surface area contributed by atoms with Gasteiger partial charge in [0, 0.05) is 0 Å². The highest BCUT2D eigenvalue weighted by Crippen LogP contribution is 2.25. The van der Waals surface area contributed by atoms with E-state index < -0.39 is 0 Å². The SMILES string of the molecule is C=CCOc1cccc(/C=N/NC(=O)COc2ccccc2OC)c1. The van der Waals surface area contributed by atoms with Crippen LogP contribution in [0.25, 0.3) is 0 Å². The van der Waals surface area contributed by atoms with E-state index in [1.54, 1.807) is 31.4 Å². The minimum absolute atomic E-state index is 0.166. The number of carbonyl (C=O) groups is 1. The highest BCUT2D eigenvalue weighted by atomic mass is 16.5. The van der Waals surface area contributed by atoms with Crippen LogP contribution in [0.15, 0.2) is 66.3 Å². The highest BCUT2D eigenvalue weighted by molar-refractivity contribution is 5.83. The zero-order valence-electron chi connectivity index (χ0n) is 14.0. The van der Waals surface area contributed by atoms with Crippen LogP contribution >= 0.6 is 0 Å². The van der Waals surface area contributed by atoms with Crippen LogP contribution in [0.4, 0.5) is 0 Å². The van der Waals surface area contributed by atoms with Crippen LogP contribution in [0.2, 0.25) is 0 Å². The molecule has 0 bridgehead atoms. The molecule has 0 atom stereocenters. The fourth-order valence-corrected chi connectivity index (χ4v) is 1.93. The number of benzene rings is 2. The second-order valence-electron chi connectivity index (χ2n) is 4.90. The maximum Gasteiger partial charge on any atom is 0.277 e. The second-order valence-corrected chi connectivity index (χ2v) is 4.90. The number of hydrogen-bond acceptors (Lipinski definition) is 5. The molecule has 1 N–H and O–H groups in total. The lowest BCUT2D eigenvalue weighted by atomic mass is 10.2. The molecule has 0 aromatic heterocycles. The summed E-state index contributed by atoms with van der Waals surface area (Å²) in [5.41, 5.74) is 3.21. The molecule has 0 saturated heterocycles. The summed E-state index contributed by atoms with van der Waals surface area (Å²) in [6.45, 7) is 3.86. The Morgan fingerprint density at radius 1 is 1.16 bits per heavy atom. The maximum absolute atomic E-state index is 11.8. The third kappa shape index (κ3) is 6.02. The molecule has 0 radical (unpaired) electrons. The summed E-state index contributed by atoms with van der Waals surface area (Å²) >= 11 is 0. The number of nitrogens with one attached hydrogen (secondary N) is 1. The van der Waals surface area contributed by atoms with E-state index in [-0.39, 0.29) is 12.5 Å². The van der Waals surface area contributed by atoms with Gasteiger partial charge in [0.1, 0.15) is 12.4 Å². The van der Waals surface area contributed by atoms with E-state index >= 15 is 0 Å². The van der Waals surface area contributed by atoms with Gasteiger partial charge in [-0.2, -0.15) is 5.10 Å². The van der Waals surface area contributed by atoms with Gasteiger partial charge in [0.05, 0.1) is 13.3 Å². The number of hydrogen-bond donors (Lipinski definition) is 1. The van der Waals surface area contributed by atoms with E-state index in [4.69, 9.17) is 14.2 Å². The number of methoxy groups -OCH3 is 1. The fraction of sp³-hybridized carbons (Fsp3) is 0.158. The number of amides is 1. The van der Waals surface area contributed by atoms with Gasteiger partial charge >= 0.3 is 0 Å². The molecule has 6 nitrogen and oxygen atoms in total. The highest BCUT2D eigenvalue weighted by Gasteiger charge is 2.05. The average molecular weight is 340 g/mol. The lowest BCUT2D eigenvalue weighted by Crippen LogP contribution is -2.24. The van der Waals surface area contributed by atoms with E-state index in [1.807, 2.05) is 30.3 Å². The van der Waals surface area contributed by atoms with Crippen molar-refractivity contribution >= 4 is 12.1 Å². The summed E-state index contributed by atoms with van der Waals surface area (Å²) in [4.78, 5) is 11.8. The third-order valence-electron chi connectivity index (χ3n) is 3.06. The molecule has 0 fully saturated rings. The Morgan fingerprint density at radius 2 is 1.96 bits per heavy atom. The monoisotopic (exact) mass is 340 g/mol. The Hall–Kier alpha value is -3.28. The first-order valence-corrected chi connectivity index (χ1v) is 7.64. The maximum atomic E-state index is 11.8. The summed E-state index contributed by atoms with van der Waals surface area (Å²) in [5, 5.41) is 3.91. The largest absolute Gasteiger partial charge is 0.493 e. The number of hydrazone groups is 1. The third-order valence-corrected chi connectivity index (χ3v) is 3.06. The number of nitrogens with zero attached hydrogens (tertiary/aromatic N) is 1. The summed E-state index contributed by atoms with van der Waals surface area (Å²) in [7, 11) is 1.54. The van der Waals surface area contributed by atoms with Crippen molar-refractivity contribution in [1.82, 2.24) is 5.43 Å². The van der Waals surface area contributed by atoms with E-state index in [1.165, 1.54) is 6.21 Å². The summed E-state index contributed by atoms with van der Waals surface area (Å²) < 4.78 is 16.0. The van der Waals surface area contributed by atoms with E-state index in [9.17, 15) is 4.79 Å². The van der Waals surface area contributed by atoms with Crippen LogP contribution in [0, 0.1) is 0 Å². The van der Waals surface area contributed by atoms with E-state index in [0.29, 0.717) is 23.9 Å². The first-order chi connectivity index (χ1) is 12.2. The van der Waals surface area contributed by atoms with Gasteiger partial charge in [0.15, 0.2) is 18.1 Å². The van der Waals surface area contributed by atoms with Crippen LogP contribution in [0.1, 0.15) is 5.56 Å². The van der Waals surface area contributed by atoms with Crippen molar-refractivity contribution in [2.45, 2.75) is 0 Å². The summed E-state index contributed by atoms with van der Waals surface area (Å²) in [6, 6.07) is 14.4. The average Bonchev–Trinajstić information content (AvgIpc) is 2.65. The van der Waals surface area contributed by atoms with Crippen molar-refractivity contribution in [3.05, 3.63) is 66.7 Å². The number of para-hydroxylation sites is 2. The quantitative estimate of drug-likeness (QED) is 0.433. The smallest absolute Gasteiger partial charge is 0.277 e. The molecule has 6 heteroatoms. The van der Waals surface area contributed by atoms with E-state index in [2.05, 4.69) is 17.1 Å². The molecule has 0 aliphatic heterocycles. The van der Waals surface area contributed by atoms with Crippen molar-refractivity contribution in [2.24, 2.45) is 5.10 Å². The van der Waals surface area contributed by atoms with Gasteiger partial charge in [-0.3, -0.25) is 4.79 Å². The first kappa shape index (κ1) is 18.1. The predicted octanol–water partition coefficient (Wildman–Crippen LogP) is 2.79. The fourth-order valence-electron chi connectivity index (χ4n) is 1.93. The minimum Gasteiger partial charge on any atom is -0.493 e. The van der Waals surface area contributed by atoms with Crippen molar-refractivity contribution in [3.63, 3.8) is 0 Å². The molecule has 0 unspecified atom stereocenters. The first-order valence-electron chi connectivity index (χ1n) is 7.64. The van der Waals surface area contributed by atoms with Gasteiger partial charge in [0.25, 0.3) is 5.91 Å². The lowest BCUT2D eigenvalue weighted by Gasteiger charge is -2.09.